The molecule has 68 heavy (non-hydrogen) atoms. The summed E-state index contributed by atoms with van der Waals surface area (Å²) < 4.78 is 35.5. The van der Waals surface area contributed by atoms with Gasteiger partial charge < -0.3 is 64.2 Å². The summed E-state index contributed by atoms with van der Waals surface area (Å²) in [5, 5.41) is 72.7. The summed E-state index contributed by atoms with van der Waals surface area (Å²) in [6, 6.07) is 0. The highest BCUT2D eigenvalue weighted by molar-refractivity contribution is 4.92. The molecular formula is C55H108O13. The third-order valence-electron chi connectivity index (χ3n) is 14.9. The summed E-state index contributed by atoms with van der Waals surface area (Å²) in [7, 11) is 0. The SMILES string of the molecule is CC(C)CCC[C@@H](C)CCC[C@@H](C)CCC[C@@H](C)CCOC[C@@H](CO[C@@H]1O[C@H](CO[C@@H]2O[C@H](CO)[C@@H](O)[C@H](O)[C@H]2O)[C@@H](O)[C@H](O)[C@H]1O)OCC[C@H](C)CCC[C@H](C)CCC[C@H](C)CCCC(C)C. The maximum atomic E-state index is 10.9. The summed E-state index contributed by atoms with van der Waals surface area (Å²) in [6.45, 7) is 23.7. The van der Waals surface area contributed by atoms with E-state index in [2.05, 4.69) is 69.2 Å². The molecule has 2 fully saturated rings. The predicted octanol–water partition coefficient (Wildman–Crippen LogP) is 8.96. The van der Waals surface area contributed by atoms with Gasteiger partial charge in [-0.2, -0.15) is 0 Å². The predicted molar refractivity (Wildman–Crippen MR) is 270 cm³/mol. The smallest absolute Gasteiger partial charge is 0.186 e. The van der Waals surface area contributed by atoms with Crippen molar-refractivity contribution in [2.24, 2.45) is 47.3 Å². The molecule has 0 radical (unpaired) electrons. The van der Waals surface area contributed by atoms with E-state index in [-0.39, 0.29) is 13.2 Å². The molecule has 0 saturated carbocycles. The van der Waals surface area contributed by atoms with Crippen LogP contribution < -0.4 is 0 Å². The average Bonchev–Trinajstić information content (AvgIpc) is 3.28. The molecule has 2 aliphatic rings. The lowest BCUT2D eigenvalue weighted by Crippen LogP contribution is -2.61. The van der Waals surface area contributed by atoms with Crippen LogP contribution in [0.1, 0.15) is 198 Å². The van der Waals surface area contributed by atoms with Gasteiger partial charge in [0.15, 0.2) is 12.6 Å². The van der Waals surface area contributed by atoms with Crippen LogP contribution in [0.25, 0.3) is 0 Å². The van der Waals surface area contributed by atoms with Crippen LogP contribution in [0, 0.1) is 47.3 Å². The Morgan fingerprint density at radius 3 is 1.15 bits per heavy atom. The Kier molecular flexibility index (Phi) is 34.1. The molecule has 13 heteroatoms. The molecule has 2 aliphatic heterocycles. The molecule has 0 aromatic heterocycles. The average molecular weight is 977 g/mol. The highest BCUT2D eigenvalue weighted by atomic mass is 16.7. The van der Waals surface area contributed by atoms with Crippen molar-refractivity contribution in [2.45, 2.75) is 265 Å². The van der Waals surface area contributed by atoms with E-state index in [1.807, 2.05) is 0 Å². The highest BCUT2D eigenvalue weighted by Gasteiger charge is 2.47. The number of rotatable bonds is 40. The number of hydrogen-bond donors (Lipinski definition) is 7. The maximum absolute atomic E-state index is 10.9. The maximum Gasteiger partial charge on any atom is 0.186 e. The van der Waals surface area contributed by atoms with Gasteiger partial charge in [-0.25, -0.2) is 0 Å². The number of hydrogen-bond acceptors (Lipinski definition) is 13. The van der Waals surface area contributed by atoms with E-state index < -0.39 is 80.7 Å². The molecule has 0 aliphatic carbocycles. The first-order chi connectivity index (χ1) is 32.3. The zero-order chi connectivity index (χ0) is 50.6. The molecule has 0 unspecified atom stereocenters. The van der Waals surface area contributed by atoms with Gasteiger partial charge in [0.1, 0.15) is 54.9 Å². The standard InChI is InChI=1S/C55H108O13/c1-37(2)17-11-19-39(5)21-13-23-41(7)25-15-27-43(9)29-31-63-34-45(64-32-30-44(10)28-16-26-42(8)24-14-22-40(6)20-12-18-38(3)4)35-65-54-53(62)51(60)49(58)47(68-54)36-66-55-52(61)50(59)48(57)46(33-56)67-55/h37-62H,11-36H2,1-10H3/t39-,40-,41-,42-,43-,44-,45+,46-,47-,48-,49-,50+,51+,52-,53-,54-,55-/m1/s1. The van der Waals surface area contributed by atoms with Gasteiger partial charge in [-0.1, -0.05) is 185 Å². The number of aliphatic hydroxyl groups excluding tert-OH is 7. The molecule has 0 aromatic rings. The van der Waals surface area contributed by atoms with Gasteiger partial charge in [0, 0.05) is 13.2 Å². The molecule has 0 aromatic carbocycles. The van der Waals surface area contributed by atoms with Crippen molar-refractivity contribution in [3.63, 3.8) is 0 Å². The van der Waals surface area contributed by atoms with Crippen molar-refractivity contribution in [1.82, 2.24) is 0 Å². The lowest BCUT2D eigenvalue weighted by Gasteiger charge is -2.42. The quantitative estimate of drug-likeness (QED) is 0.0288. The number of aliphatic hydroxyl groups is 7. The lowest BCUT2D eigenvalue weighted by atomic mass is 9.91. The van der Waals surface area contributed by atoms with Gasteiger partial charge in [-0.05, 0) is 60.2 Å². The van der Waals surface area contributed by atoms with Crippen LogP contribution >= 0.6 is 0 Å². The third-order valence-corrected chi connectivity index (χ3v) is 14.9. The topological polar surface area (TPSA) is 197 Å². The van der Waals surface area contributed by atoms with Crippen molar-refractivity contribution in [2.75, 3.05) is 39.6 Å². The fourth-order valence-electron chi connectivity index (χ4n) is 9.74. The lowest BCUT2D eigenvalue weighted by molar-refractivity contribution is -0.333. The normalized spacial score (nSPS) is 29.0. The Morgan fingerprint density at radius 1 is 0.382 bits per heavy atom. The summed E-state index contributed by atoms with van der Waals surface area (Å²) >= 11 is 0. The van der Waals surface area contributed by atoms with Crippen LogP contribution in [-0.4, -0.2) is 143 Å². The molecule has 0 spiro atoms. The Morgan fingerprint density at radius 2 is 0.735 bits per heavy atom. The van der Waals surface area contributed by atoms with Gasteiger partial charge >= 0.3 is 0 Å². The zero-order valence-electron chi connectivity index (χ0n) is 44.9. The number of ether oxygens (including phenoxy) is 6. The van der Waals surface area contributed by atoms with Crippen LogP contribution in [0.4, 0.5) is 0 Å². The summed E-state index contributed by atoms with van der Waals surface area (Å²) in [5.74, 6) is 5.74. The summed E-state index contributed by atoms with van der Waals surface area (Å²) in [4.78, 5) is 0. The second kappa shape index (κ2) is 36.4. The van der Waals surface area contributed by atoms with E-state index in [9.17, 15) is 35.7 Å². The minimum absolute atomic E-state index is 0.00274. The highest BCUT2D eigenvalue weighted by Crippen LogP contribution is 2.28. The Balaban J connectivity index is 1.86. The van der Waals surface area contributed by atoms with E-state index in [0.717, 1.165) is 54.8 Å². The van der Waals surface area contributed by atoms with Gasteiger partial charge in [0.25, 0.3) is 0 Å². The molecule has 2 heterocycles. The monoisotopic (exact) mass is 977 g/mol. The van der Waals surface area contributed by atoms with Gasteiger partial charge in [-0.15, -0.1) is 0 Å². The molecule has 17 atom stereocenters. The largest absolute Gasteiger partial charge is 0.394 e. The minimum Gasteiger partial charge on any atom is -0.394 e. The molecular weight excluding hydrogens is 869 g/mol. The Labute approximate surface area is 415 Å². The van der Waals surface area contributed by atoms with Crippen molar-refractivity contribution in [3.8, 4) is 0 Å². The molecule has 0 bridgehead atoms. The van der Waals surface area contributed by atoms with E-state index in [0.29, 0.717) is 25.0 Å². The fourth-order valence-corrected chi connectivity index (χ4v) is 9.74. The second-order valence-electron chi connectivity index (χ2n) is 23.0. The van der Waals surface area contributed by atoms with Crippen LogP contribution in [0.3, 0.4) is 0 Å². The van der Waals surface area contributed by atoms with E-state index in [1.165, 1.54) is 109 Å². The van der Waals surface area contributed by atoms with Gasteiger partial charge in [0.05, 0.1) is 26.4 Å². The molecule has 7 N–H and O–H groups in total. The van der Waals surface area contributed by atoms with E-state index in [4.69, 9.17) is 28.4 Å². The van der Waals surface area contributed by atoms with Gasteiger partial charge in [0.2, 0.25) is 0 Å². The van der Waals surface area contributed by atoms with Crippen LogP contribution in [0.15, 0.2) is 0 Å². The zero-order valence-corrected chi connectivity index (χ0v) is 44.9. The van der Waals surface area contributed by atoms with Gasteiger partial charge in [-0.3, -0.25) is 0 Å². The van der Waals surface area contributed by atoms with E-state index in [1.54, 1.807) is 0 Å². The molecule has 406 valence electrons. The Bertz CT molecular complexity index is 1190. The minimum atomic E-state index is -1.65. The molecule has 2 saturated heterocycles. The fraction of sp³-hybridized carbons (Fsp3) is 1.00. The van der Waals surface area contributed by atoms with Crippen LogP contribution in [-0.2, 0) is 28.4 Å². The van der Waals surface area contributed by atoms with Crippen LogP contribution in [0.5, 0.6) is 0 Å². The molecule has 13 nitrogen and oxygen atoms in total. The third kappa shape index (κ3) is 27.0. The summed E-state index contributed by atoms with van der Waals surface area (Å²) in [6.07, 6.45) is 9.68. The molecule has 0 amide bonds. The van der Waals surface area contributed by atoms with E-state index >= 15 is 0 Å². The molecule has 2 rings (SSSR count). The Hall–Kier alpha value is -0.520. The van der Waals surface area contributed by atoms with Crippen molar-refractivity contribution in [1.29, 1.82) is 0 Å². The first kappa shape index (κ1) is 63.6. The first-order valence-electron chi connectivity index (χ1n) is 27.7. The summed E-state index contributed by atoms with van der Waals surface area (Å²) in [5.41, 5.74) is 0. The van der Waals surface area contributed by atoms with Crippen LogP contribution in [0.2, 0.25) is 0 Å². The van der Waals surface area contributed by atoms with Crippen molar-refractivity contribution < 1.29 is 64.2 Å². The first-order valence-corrected chi connectivity index (χ1v) is 27.7. The second-order valence-corrected chi connectivity index (χ2v) is 23.0. The van der Waals surface area contributed by atoms with Crippen molar-refractivity contribution in [3.05, 3.63) is 0 Å². The van der Waals surface area contributed by atoms with Crippen molar-refractivity contribution >= 4 is 0 Å².